The van der Waals surface area contributed by atoms with Gasteiger partial charge in [-0.3, -0.25) is 4.55 Å². The highest BCUT2D eigenvalue weighted by Gasteiger charge is 2.45. The Labute approximate surface area is 148 Å². The molecule has 7 nitrogen and oxygen atoms in total. The number of halogens is 4. The van der Waals surface area contributed by atoms with Gasteiger partial charge in [0, 0.05) is 6.08 Å². The minimum atomic E-state index is -5.22. The molecule has 0 bridgehead atoms. The molecule has 0 heterocycles. The van der Waals surface area contributed by atoms with Crippen molar-refractivity contribution >= 4 is 38.0 Å². The van der Waals surface area contributed by atoms with E-state index in [2.05, 4.69) is 27.2 Å². The predicted molar refractivity (Wildman–Crippen MR) is 81.6 cm³/mol. The maximum absolute atomic E-state index is 12.7. The van der Waals surface area contributed by atoms with Crippen molar-refractivity contribution in [3.63, 3.8) is 0 Å². The zero-order chi connectivity index (χ0) is 19.4. The maximum Gasteiger partial charge on any atom is 0.426 e. The smallest absolute Gasteiger partial charge is 0.426 e. The molecule has 1 aromatic carbocycles. The first-order chi connectivity index (χ1) is 11.3. The molecule has 0 radical (unpaired) electrons. The molecule has 0 spiro atoms. The summed E-state index contributed by atoms with van der Waals surface area (Å²) in [5.74, 6) is -4.46. The van der Waals surface area contributed by atoms with Crippen LogP contribution in [0.2, 0.25) is 0 Å². The van der Waals surface area contributed by atoms with Crippen molar-refractivity contribution in [2.45, 2.75) is 12.3 Å². The number of rotatable bonds is 6. The fraction of sp³-hybridized carbons (Fsp3) is 0.231. The second kappa shape index (κ2) is 7.97. The van der Waals surface area contributed by atoms with E-state index in [1.165, 1.54) is 6.07 Å². The van der Waals surface area contributed by atoms with Crippen molar-refractivity contribution < 1.29 is 45.2 Å². The summed E-state index contributed by atoms with van der Waals surface area (Å²) in [6.07, 6.45) is -7.47. The van der Waals surface area contributed by atoms with Crippen molar-refractivity contribution in [3.05, 3.63) is 40.9 Å². The van der Waals surface area contributed by atoms with Gasteiger partial charge in [0.1, 0.15) is 11.5 Å². The van der Waals surface area contributed by atoms with Crippen LogP contribution in [0.5, 0.6) is 5.75 Å². The van der Waals surface area contributed by atoms with Gasteiger partial charge < -0.3 is 9.47 Å². The van der Waals surface area contributed by atoms with E-state index >= 15 is 0 Å². The number of hydrogen-bond donors (Lipinski definition) is 1. The predicted octanol–water partition coefficient (Wildman–Crippen LogP) is 2.52. The fourth-order valence-corrected chi connectivity index (χ4v) is 2.41. The number of alkyl halides is 3. The lowest BCUT2D eigenvalue weighted by Gasteiger charge is -2.19. The fourth-order valence-electron chi connectivity index (χ4n) is 1.44. The molecule has 12 heteroatoms. The van der Waals surface area contributed by atoms with Crippen molar-refractivity contribution in [1.29, 1.82) is 0 Å². The zero-order valence-electron chi connectivity index (χ0n) is 12.1. The molecule has 0 aliphatic rings. The van der Waals surface area contributed by atoms with Gasteiger partial charge in [-0.2, -0.15) is 21.6 Å². The van der Waals surface area contributed by atoms with E-state index in [0.717, 1.165) is 18.2 Å². The quantitative estimate of drug-likeness (QED) is 0.309. The molecule has 1 aromatic rings. The Hall–Kier alpha value is -1.92. The molecule has 0 saturated carbocycles. The largest absolute Gasteiger partial charge is 0.448 e. The van der Waals surface area contributed by atoms with Crippen LogP contribution >= 0.6 is 15.9 Å². The van der Waals surface area contributed by atoms with Crippen molar-refractivity contribution in [3.8, 4) is 5.75 Å². The van der Waals surface area contributed by atoms with E-state index in [-0.39, 0.29) is 10.2 Å². The summed E-state index contributed by atoms with van der Waals surface area (Å²) in [7, 11) is -5.05. The molecule has 1 atom stereocenters. The van der Waals surface area contributed by atoms with Gasteiger partial charge in [0.2, 0.25) is 6.10 Å². The molecule has 25 heavy (non-hydrogen) atoms. The minimum absolute atomic E-state index is 0.197. The van der Waals surface area contributed by atoms with Crippen LogP contribution in [-0.4, -0.2) is 42.9 Å². The molecule has 0 amide bonds. The zero-order valence-corrected chi connectivity index (χ0v) is 14.5. The molecule has 0 saturated heterocycles. The number of benzene rings is 1. The topological polar surface area (TPSA) is 107 Å². The first-order valence-electron chi connectivity index (χ1n) is 6.20. The highest BCUT2D eigenvalue weighted by molar-refractivity contribution is 9.10. The molecule has 138 valence electrons. The number of hydrogen-bond acceptors (Lipinski definition) is 6. The monoisotopic (exact) mass is 446 g/mol. The Bertz CT molecular complexity index is 789. The van der Waals surface area contributed by atoms with E-state index in [0.29, 0.717) is 0 Å². The number of ether oxygens (including phenoxy) is 2. The summed E-state index contributed by atoms with van der Waals surface area (Å²) in [4.78, 5) is 23.0. The summed E-state index contributed by atoms with van der Waals surface area (Å²) >= 11 is 3.00. The summed E-state index contributed by atoms with van der Waals surface area (Å²) in [6, 6.07) is 3.17. The Kier molecular flexibility index (Phi) is 6.74. The van der Waals surface area contributed by atoms with Crippen LogP contribution in [0.4, 0.5) is 13.2 Å². The van der Waals surface area contributed by atoms with Gasteiger partial charge in [-0.05, 0) is 34.1 Å². The standard InChI is InChI=1S/C13H10BrF3O7S/c1-2-11(18)23-9-5-7(3-4-8(9)14)12(19)24-10(13(15,16)17)6-25(20,21)22/h2-5,10H,1,6H2,(H,20,21,22). The lowest BCUT2D eigenvalue weighted by molar-refractivity contribution is -0.197. The second-order valence-corrected chi connectivity index (χ2v) is 6.81. The highest BCUT2D eigenvalue weighted by Crippen LogP contribution is 2.29. The summed E-state index contributed by atoms with van der Waals surface area (Å²) in [6.45, 7) is 3.16. The van der Waals surface area contributed by atoms with Crippen LogP contribution in [-0.2, 0) is 19.6 Å². The molecule has 0 aromatic heterocycles. The molecule has 1 N–H and O–H groups in total. The van der Waals surface area contributed by atoms with Crippen molar-refractivity contribution in [2.24, 2.45) is 0 Å². The summed E-state index contributed by atoms with van der Waals surface area (Å²) < 4.78 is 77.2. The van der Waals surface area contributed by atoms with Gasteiger partial charge in [0.05, 0.1) is 10.0 Å². The first-order valence-corrected chi connectivity index (χ1v) is 8.60. The van der Waals surface area contributed by atoms with Crippen LogP contribution in [0.25, 0.3) is 0 Å². The average Bonchev–Trinajstić information content (AvgIpc) is 2.46. The second-order valence-electron chi connectivity index (χ2n) is 4.45. The third-order valence-electron chi connectivity index (χ3n) is 2.52. The molecular weight excluding hydrogens is 437 g/mol. The highest BCUT2D eigenvalue weighted by atomic mass is 79.9. The molecule has 1 rings (SSSR count). The molecule has 0 aliphatic carbocycles. The van der Waals surface area contributed by atoms with E-state index in [4.69, 9.17) is 9.29 Å². The van der Waals surface area contributed by atoms with Gasteiger partial charge in [-0.1, -0.05) is 6.58 Å². The van der Waals surface area contributed by atoms with Crippen molar-refractivity contribution in [2.75, 3.05) is 5.75 Å². The molecular formula is C13H10BrF3O7S. The summed E-state index contributed by atoms with van der Waals surface area (Å²) in [5, 5.41) is 0. The molecule has 0 fully saturated rings. The minimum Gasteiger partial charge on any atom is -0.448 e. The van der Waals surface area contributed by atoms with Crippen LogP contribution in [0, 0.1) is 0 Å². The Morgan fingerprint density at radius 2 is 1.96 bits per heavy atom. The first kappa shape index (κ1) is 21.1. The van der Waals surface area contributed by atoms with Crippen LogP contribution in [0.1, 0.15) is 10.4 Å². The number of carbonyl (C=O) groups is 2. The number of esters is 2. The van der Waals surface area contributed by atoms with Gasteiger partial charge in [0.25, 0.3) is 10.1 Å². The number of carbonyl (C=O) groups excluding carboxylic acids is 2. The van der Waals surface area contributed by atoms with E-state index < -0.39 is 45.7 Å². The Morgan fingerprint density at radius 3 is 2.44 bits per heavy atom. The van der Waals surface area contributed by atoms with E-state index in [1.54, 1.807) is 0 Å². The normalized spacial score (nSPS) is 13.0. The average molecular weight is 447 g/mol. The molecule has 1 unspecified atom stereocenters. The van der Waals surface area contributed by atoms with Crippen LogP contribution in [0.3, 0.4) is 0 Å². The Morgan fingerprint density at radius 1 is 1.36 bits per heavy atom. The van der Waals surface area contributed by atoms with Crippen molar-refractivity contribution in [1.82, 2.24) is 0 Å². The lowest BCUT2D eigenvalue weighted by atomic mass is 10.2. The van der Waals surface area contributed by atoms with Crippen LogP contribution in [0.15, 0.2) is 35.3 Å². The third kappa shape index (κ3) is 6.84. The van der Waals surface area contributed by atoms with Crippen LogP contribution < -0.4 is 4.74 Å². The van der Waals surface area contributed by atoms with Gasteiger partial charge in [-0.25, -0.2) is 9.59 Å². The van der Waals surface area contributed by atoms with E-state index in [9.17, 15) is 31.2 Å². The lowest BCUT2D eigenvalue weighted by Crippen LogP contribution is -2.39. The Balaban J connectivity index is 3.07. The van der Waals surface area contributed by atoms with Gasteiger partial charge in [-0.15, -0.1) is 0 Å². The third-order valence-corrected chi connectivity index (χ3v) is 3.90. The van der Waals surface area contributed by atoms with E-state index in [1.807, 2.05) is 0 Å². The summed E-state index contributed by atoms with van der Waals surface area (Å²) in [5.41, 5.74) is -0.445. The van der Waals surface area contributed by atoms with Gasteiger partial charge in [0.15, 0.2) is 0 Å². The molecule has 0 aliphatic heterocycles. The van der Waals surface area contributed by atoms with Gasteiger partial charge >= 0.3 is 18.1 Å². The maximum atomic E-state index is 12.7. The SMILES string of the molecule is C=CC(=O)Oc1cc(C(=O)OC(CS(=O)(=O)O)C(F)(F)F)ccc1Br.